The molecule has 0 saturated carbocycles. The number of nitrogens with one attached hydrogen (secondary N) is 1. The van der Waals surface area contributed by atoms with E-state index < -0.39 is 0 Å². The summed E-state index contributed by atoms with van der Waals surface area (Å²) in [4.78, 5) is 17.6. The fourth-order valence-electron chi connectivity index (χ4n) is 3.19. The molecule has 1 aromatic heterocycles. The molecule has 0 bridgehead atoms. The third-order valence-corrected chi connectivity index (χ3v) is 6.21. The number of nitrogens with zero attached hydrogens (tertiary/aromatic N) is 1. The lowest BCUT2D eigenvalue weighted by molar-refractivity contribution is -0.115. The number of carbonyl (C=O) groups excluding carboxylic acids is 1. The van der Waals surface area contributed by atoms with Gasteiger partial charge in [-0.15, -0.1) is 0 Å². The van der Waals surface area contributed by atoms with Crippen LogP contribution in [0.4, 0.5) is 5.69 Å². The van der Waals surface area contributed by atoms with Gasteiger partial charge in [0.15, 0.2) is 0 Å². The third kappa shape index (κ3) is 4.80. The molecular formula is C22H22Cl2N2OS. The predicted molar refractivity (Wildman–Crippen MR) is 121 cm³/mol. The Kier molecular flexibility index (Phi) is 6.54. The van der Waals surface area contributed by atoms with Gasteiger partial charge >= 0.3 is 0 Å². The monoisotopic (exact) mass is 432 g/mol. The highest BCUT2D eigenvalue weighted by atomic mass is 35.5. The summed E-state index contributed by atoms with van der Waals surface area (Å²) < 4.78 is 0. The number of aromatic nitrogens is 1. The van der Waals surface area contributed by atoms with Crippen molar-refractivity contribution in [3.8, 4) is 0 Å². The van der Waals surface area contributed by atoms with E-state index in [9.17, 15) is 4.79 Å². The number of benzene rings is 2. The molecule has 1 heterocycles. The minimum absolute atomic E-state index is 0.0917. The highest BCUT2D eigenvalue weighted by Crippen LogP contribution is 2.31. The number of hydrogen-bond acceptors (Lipinski definition) is 3. The summed E-state index contributed by atoms with van der Waals surface area (Å²) in [6.45, 7) is 8.24. The second-order valence-corrected chi connectivity index (χ2v) is 9.01. The average Bonchev–Trinajstić information content (AvgIpc) is 2.59. The topological polar surface area (TPSA) is 42.0 Å². The van der Waals surface area contributed by atoms with Gasteiger partial charge in [0.25, 0.3) is 0 Å². The number of pyridine rings is 1. The zero-order valence-corrected chi connectivity index (χ0v) is 18.6. The van der Waals surface area contributed by atoms with Crippen LogP contribution >= 0.6 is 35.0 Å². The molecule has 0 aliphatic rings. The van der Waals surface area contributed by atoms with Crippen molar-refractivity contribution in [1.82, 2.24) is 4.98 Å². The summed E-state index contributed by atoms with van der Waals surface area (Å²) in [5.74, 6) is -0.0917. The maximum absolute atomic E-state index is 12.8. The van der Waals surface area contributed by atoms with Crippen molar-refractivity contribution in [1.29, 1.82) is 0 Å². The minimum atomic E-state index is -0.270. The number of rotatable bonds is 5. The van der Waals surface area contributed by atoms with Crippen LogP contribution in [0.25, 0.3) is 10.9 Å². The zero-order chi connectivity index (χ0) is 20.4. The van der Waals surface area contributed by atoms with Crippen molar-refractivity contribution >= 4 is 57.5 Å². The Morgan fingerprint density at radius 2 is 1.71 bits per heavy atom. The Labute approximate surface area is 179 Å². The molecule has 3 nitrogen and oxygen atoms in total. The van der Waals surface area contributed by atoms with Gasteiger partial charge in [0.05, 0.1) is 15.8 Å². The number of thioether (sulfide) groups is 1. The van der Waals surface area contributed by atoms with Crippen LogP contribution in [-0.2, 0) is 4.79 Å². The van der Waals surface area contributed by atoms with E-state index in [1.807, 2.05) is 6.92 Å². The van der Waals surface area contributed by atoms with Gasteiger partial charge in [-0.3, -0.25) is 4.79 Å². The van der Waals surface area contributed by atoms with Crippen LogP contribution in [-0.4, -0.2) is 16.1 Å². The molecule has 0 saturated heterocycles. The summed E-state index contributed by atoms with van der Waals surface area (Å²) in [7, 11) is 0. The molecule has 1 N–H and O–H groups in total. The van der Waals surface area contributed by atoms with Crippen LogP contribution in [0, 0.1) is 20.8 Å². The van der Waals surface area contributed by atoms with Gasteiger partial charge < -0.3 is 5.32 Å². The second-order valence-electron chi connectivity index (χ2n) is 6.92. The van der Waals surface area contributed by atoms with Crippen LogP contribution in [0.1, 0.15) is 30.0 Å². The van der Waals surface area contributed by atoms with Crippen molar-refractivity contribution in [2.75, 3.05) is 5.32 Å². The Morgan fingerprint density at radius 3 is 2.36 bits per heavy atom. The summed E-state index contributed by atoms with van der Waals surface area (Å²) in [5.41, 5.74) is 5.12. The van der Waals surface area contributed by atoms with E-state index in [0.29, 0.717) is 22.2 Å². The minimum Gasteiger partial charge on any atom is -0.325 e. The van der Waals surface area contributed by atoms with Crippen LogP contribution < -0.4 is 5.32 Å². The predicted octanol–water partition coefficient (Wildman–Crippen LogP) is 6.98. The van der Waals surface area contributed by atoms with Crippen LogP contribution in [0.15, 0.2) is 41.4 Å². The highest BCUT2D eigenvalue weighted by molar-refractivity contribution is 8.00. The first kappa shape index (κ1) is 21.0. The van der Waals surface area contributed by atoms with E-state index in [0.717, 1.165) is 27.1 Å². The average molecular weight is 433 g/mol. The summed E-state index contributed by atoms with van der Waals surface area (Å²) in [6.07, 6.45) is 0.677. The molecule has 3 aromatic rings. The molecule has 0 aliphatic carbocycles. The number of amides is 1. The smallest absolute Gasteiger partial charge is 0.237 e. The van der Waals surface area contributed by atoms with Gasteiger partial charge in [-0.05, 0) is 68.7 Å². The van der Waals surface area contributed by atoms with Crippen molar-refractivity contribution in [3.63, 3.8) is 0 Å². The molecular weight excluding hydrogens is 411 g/mol. The Balaban J connectivity index is 1.85. The van der Waals surface area contributed by atoms with E-state index in [1.54, 1.807) is 18.2 Å². The fraction of sp³-hybridized carbons (Fsp3) is 0.273. The lowest BCUT2D eigenvalue weighted by Crippen LogP contribution is -2.24. The largest absolute Gasteiger partial charge is 0.325 e. The molecule has 0 aliphatic heterocycles. The quantitative estimate of drug-likeness (QED) is 0.442. The van der Waals surface area contributed by atoms with Crippen LogP contribution in [0.3, 0.4) is 0 Å². The molecule has 2 aromatic carbocycles. The molecule has 1 atom stereocenters. The second kappa shape index (κ2) is 8.73. The number of halogens is 2. The van der Waals surface area contributed by atoms with Gasteiger partial charge in [-0.2, -0.15) is 0 Å². The SMILES string of the molecule is CCC(Sc1cc(C)c2cc(C)cc(C)c2n1)C(=O)Nc1cc(Cl)cc(Cl)c1. The molecule has 6 heteroatoms. The normalized spacial score (nSPS) is 12.2. The molecule has 0 fully saturated rings. The molecule has 1 unspecified atom stereocenters. The summed E-state index contributed by atoms with van der Waals surface area (Å²) in [5, 5.41) is 5.62. The number of aryl methyl sites for hydroxylation is 3. The lowest BCUT2D eigenvalue weighted by Gasteiger charge is -2.16. The van der Waals surface area contributed by atoms with Crippen molar-refractivity contribution < 1.29 is 4.79 Å². The van der Waals surface area contributed by atoms with E-state index in [2.05, 4.69) is 44.3 Å². The third-order valence-electron chi connectivity index (χ3n) is 4.49. The van der Waals surface area contributed by atoms with Gasteiger partial charge in [0, 0.05) is 21.1 Å². The first-order valence-corrected chi connectivity index (χ1v) is 10.7. The maximum atomic E-state index is 12.8. The van der Waals surface area contributed by atoms with Crippen molar-refractivity contribution in [2.45, 2.75) is 44.4 Å². The van der Waals surface area contributed by atoms with Crippen molar-refractivity contribution in [3.05, 3.63) is 63.1 Å². The first-order valence-electron chi connectivity index (χ1n) is 9.09. The standard InChI is InChI=1S/C22H22Cl2N2OS/c1-5-19(22(27)25-17-10-15(23)9-16(24)11-17)28-20-8-13(3)18-7-12(2)6-14(4)21(18)26-20/h6-11,19H,5H2,1-4H3,(H,25,27). The molecule has 146 valence electrons. The molecule has 0 spiro atoms. The van der Waals surface area contributed by atoms with Crippen molar-refractivity contribution in [2.24, 2.45) is 0 Å². The van der Waals surface area contributed by atoms with Crippen LogP contribution in [0.2, 0.25) is 10.0 Å². The van der Waals surface area contributed by atoms with Crippen LogP contribution in [0.5, 0.6) is 0 Å². The van der Waals surface area contributed by atoms with E-state index in [1.165, 1.54) is 17.3 Å². The number of fused-ring (bicyclic) bond motifs is 1. The van der Waals surface area contributed by atoms with Gasteiger partial charge in [-0.1, -0.05) is 53.5 Å². The van der Waals surface area contributed by atoms with E-state index in [-0.39, 0.29) is 11.2 Å². The van der Waals surface area contributed by atoms with Gasteiger partial charge in [0.2, 0.25) is 5.91 Å². The number of carbonyl (C=O) groups is 1. The first-order chi connectivity index (χ1) is 13.3. The highest BCUT2D eigenvalue weighted by Gasteiger charge is 2.20. The van der Waals surface area contributed by atoms with E-state index >= 15 is 0 Å². The lowest BCUT2D eigenvalue weighted by atomic mass is 10.0. The fourth-order valence-corrected chi connectivity index (χ4v) is 4.73. The van der Waals surface area contributed by atoms with Gasteiger partial charge in [0.1, 0.15) is 0 Å². The molecule has 28 heavy (non-hydrogen) atoms. The Bertz CT molecular complexity index is 1030. The molecule has 1 amide bonds. The molecule has 3 rings (SSSR count). The maximum Gasteiger partial charge on any atom is 0.237 e. The Hall–Kier alpha value is -1.75. The number of anilines is 1. The van der Waals surface area contributed by atoms with Gasteiger partial charge in [-0.25, -0.2) is 4.98 Å². The molecule has 0 radical (unpaired) electrons. The zero-order valence-electron chi connectivity index (χ0n) is 16.3. The number of hydrogen-bond donors (Lipinski definition) is 1. The Morgan fingerprint density at radius 1 is 1.04 bits per heavy atom. The summed E-state index contributed by atoms with van der Waals surface area (Å²) in [6, 6.07) is 11.4. The van der Waals surface area contributed by atoms with E-state index in [4.69, 9.17) is 28.2 Å². The summed E-state index contributed by atoms with van der Waals surface area (Å²) >= 11 is 13.5.